The topological polar surface area (TPSA) is 29.5 Å². The zero-order chi connectivity index (χ0) is 21.4. The highest BCUT2D eigenvalue weighted by Gasteiger charge is 2.23. The minimum atomic E-state index is 0.268. The summed E-state index contributed by atoms with van der Waals surface area (Å²) in [6.45, 7) is 0. The van der Waals surface area contributed by atoms with E-state index in [2.05, 4.69) is 46.3 Å². The predicted octanol–water partition coefficient (Wildman–Crippen LogP) is 5.84. The second-order valence-corrected chi connectivity index (χ2v) is 8.44. The molecule has 3 aromatic rings. The van der Waals surface area contributed by atoms with Gasteiger partial charge in [0.05, 0.1) is 7.11 Å². The first-order valence-corrected chi connectivity index (χ1v) is 11.0. The number of aromatic hydroxyl groups is 1. The lowest BCUT2D eigenvalue weighted by atomic mass is 9.89. The molecule has 2 aliphatic carbocycles. The molecule has 152 valence electrons. The third-order valence-corrected chi connectivity index (χ3v) is 6.57. The number of fused-ring (bicyclic) bond motifs is 3. The Labute approximate surface area is 190 Å². The highest BCUT2D eigenvalue weighted by molar-refractivity contribution is 9.12. The van der Waals surface area contributed by atoms with Crippen molar-refractivity contribution in [2.24, 2.45) is 0 Å². The predicted molar refractivity (Wildman–Crippen MR) is 132 cm³/mol. The average Bonchev–Trinajstić information content (AvgIpc) is 3.12. The summed E-state index contributed by atoms with van der Waals surface area (Å²) in [7, 11) is 1.71. The van der Waals surface area contributed by atoms with Gasteiger partial charge >= 0.3 is 0 Å². The van der Waals surface area contributed by atoms with Crippen LogP contribution in [0.2, 0.25) is 0 Å². The summed E-state index contributed by atoms with van der Waals surface area (Å²) in [5.74, 6) is 1.05. The molecule has 0 unspecified atom stereocenters. The van der Waals surface area contributed by atoms with Gasteiger partial charge in [0.2, 0.25) is 0 Å². The molecule has 0 amide bonds. The first-order valence-electron chi connectivity index (χ1n) is 10.2. The summed E-state index contributed by atoms with van der Waals surface area (Å²) in [4.78, 5) is 0. The van der Waals surface area contributed by atoms with Crippen LogP contribution in [0.15, 0.2) is 95.0 Å². The molecule has 2 aliphatic rings. The third kappa shape index (κ3) is 3.35. The van der Waals surface area contributed by atoms with Crippen LogP contribution in [0.3, 0.4) is 0 Å². The van der Waals surface area contributed by atoms with Gasteiger partial charge in [0.25, 0.3) is 0 Å². The SMILES string of the molecule is COc1c(-c2ccccc2)c(-c2ccccc2)c(O)c2c1=C1C=CC=C(Br)C(=CC=2)C1. The molecule has 5 rings (SSSR count). The number of methoxy groups -OCH3 is 1. The van der Waals surface area contributed by atoms with Crippen molar-refractivity contribution >= 4 is 27.6 Å². The Morgan fingerprint density at radius 1 is 0.839 bits per heavy atom. The first-order chi connectivity index (χ1) is 15.2. The Morgan fingerprint density at radius 2 is 1.48 bits per heavy atom. The highest BCUT2D eigenvalue weighted by atomic mass is 79.9. The molecule has 0 saturated carbocycles. The Kier molecular flexibility index (Phi) is 5.13. The molecule has 2 nitrogen and oxygen atoms in total. The van der Waals surface area contributed by atoms with Gasteiger partial charge in [-0.05, 0) is 34.8 Å². The number of allylic oxidation sites excluding steroid dienone is 6. The fourth-order valence-electron chi connectivity index (χ4n) is 4.38. The van der Waals surface area contributed by atoms with Crippen LogP contribution in [0.5, 0.6) is 11.5 Å². The zero-order valence-electron chi connectivity index (χ0n) is 17.1. The molecule has 0 aromatic heterocycles. The molecule has 0 spiro atoms. The minimum Gasteiger partial charge on any atom is -0.507 e. The van der Waals surface area contributed by atoms with Crippen LogP contribution < -0.4 is 15.2 Å². The molecular formula is C28H21BrO2. The van der Waals surface area contributed by atoms with E-state index in [9.17, 15) is 5.11 Å². The van der Waals surface area contributed by atoms with E-state index in [0.717, 1.165) is 54.9 Å². The van der Waals surface area contributed by atoms with Crippen LogP contribution in [0.4, 0.5) is 0 Å². The van der Waals surface area contributed by atoms with Gasteiger partial charge in [-0.25, -0.2) is 0 Å². The zero-order valence-corrected chi connectivity index (χ0v) is 18.7. The molecule has 0 heterocycles. The molecule has 0 aliphatic heterocycles. The quantitative estimate of drug-likeness (QED) is 0.522. The molecule has 3 aromatic carbocycles. The molecule has 0 fully saturated rings. The van der Waals surface area contributed by atoms with E-state index in [-0.39, 0.29) is 5.75 Å². The van der Waals surface area contributed by atoms with Crippen molar-refractivity contribution in [3.05, 3.63) is 105 Å². The molecule has 0 saturated heterocycles. The second kappa shape index (κ2) is 8.09. The number of ether oxygens (including phenoxy) is 1. The van der Waals surface area contributed by atoms with Crippen LogP contribution in [-0.2, 0) is 0 Å². The number of halogens is 1. The summed E-state index contributed by atoms with van der Waals surface area (Å²) in [6, 6.07) is 20.2. The van der Waals surface area contributed by atoms with Crippen molar-refractivity contribution in [1.29, 1.82) is 0 Å². The molecule has 1 N–H and O–H groups in total. The van der Waals surface area contributed by atoms with Crippen molar-refractivity contribution < 1.29 is 9.84 Å². The smallest absolute Gasteiger partial charge is 0.135 e. The van der Waals surface area contributed by atoms with Crippen LogP contribution in [0, 0.1) is 0 Å². The summed E-state index contributed by atoms with van der Waals surface area (Å²) >= 11 is 3.68. The number of hydrogen-bond acceptors (Lipinski definition) is 2. The molecule has 0 radical (unpaired) electrons. The summed E-state index contributed by atoms with van der Waals surface area (Å²) in [5.41, 5.74) is 5.92. The van der Waals surface area contributed by atoms with Crippen molar-refractivity contribution in [2.75, 3.05) is 7.11 Å². The number of rotatable bonds is 3. The van der Waals surface area contributed by atoms with Crippen LogP contribution >= 0.6 is 15.9 Å². The van der Waals surface area contributed by atoms with E-state index >= 15 is 0 Å². The Morgan fingerprint density at radius 3 is 2.13 bits per heavy atom. The van der Waals surface area contributed by atoms with Gasteiger partial charge in [0, 0.05) is 26.0 Å². The second-order valence-electron chi connectivity index (χ2n) is 7.59. The summed E-state index contributed by atoms with van der Waals surface area (Å²) < 4.78 is 7.14. The molecular weight excluding hydrogens is 448 g/mol. The van der Waals surface area contributed by atoms with E-state index in [1.54, 1.807) is 7.11 Å². The fraction of sp³-hybridized carbons (Fsp3) is 0.0714. The summed E-state index contributed by atoms with van der Waals surface area (Å²) in [6.07, 6.45) is 11.0. The van der Waals surface area contributed by atoms with Gasteiger partial charge < -0.3 is 9.84 Å². The first kappa shape index (κ1) is 19.7. The van der Waals surface area contributed by atoms with Gasteiger partial charge in [0.15, 0.2) is 0 Å². The largest absolute Gasteiger partial charge is 0.507 e. The van der Waals surface area contributed by atoms with E-state index in [0.29, 0.717) is 0 Å². The minimum absolute atomic E-state index is 0.268. The summed E-state index contributed by atoms with van der Waals surface area (Å²) in [5, 5.41) is 13.4. The third-order valence-electron chi connectivity index (χ3n) is 5.79. The maximum atomic E-state index is 11.7. The van der Waals surface area contributed by atoms with Gasteiger partial charge in [-0.15, -0.1) is 0 Å². The number of phenolic OH excluding ortho intramolecular Hbond substituents is 1. The van der Waals surface area contributed by atoms with Crippen molar-refractivity contribution in [3.63, 3.8) is 0 Å². The normalized spacial score (nSPS) is 14.6. The number of phenols is 1. The molecule has 2 bridgehead atoms. The fourth-order valence-corrected chi connectivity index (χ4v) is 4.81. The Balaban J connectivity index is 2.01. The lowest BCUT2D eigenvalue weighted by Crippen LogP contribution is -2.30. The lowest BCUT2D eigenvalue weighted by Gasteiger charge is -2.19. The van der Waals surface area contributed by atoms with Crippen molar-refractivity contribution in [1.82, 2.24) is 0 Å². The van der Waals surface area contributed by atoms with Gasteiger partial charge in [-0.1, -0.05) is 101 Å². The van der Waals surface area contributed by atoms with Crippen LogP contribution in [-0.4, -0.2) is 12.2 Å². The van der Waals surface area contributed by atoms with Gasteiger partial charge in [0.1, 0.15) is 11.5 Å². The van der Waals surface area contributed by atoms with E-state index < -0.39 is 0 Å². The maximum absolute atomic E-state index is 11.7. The van der Waals surface area contributed by atoms with E-state index in [1.807, 2.05) is 60.7 Å². The van der Waals surface area contributed by atoms with Crippen LogP contribution in [0.25, 0.3) is 33.9 Å². The van der Waals surface area contributed by atoms with Crippen molar-refractivity contribution in [2.45, 2.75) is 6.42 Å². The highest BCUT2D eigenvalue weighted by Crippen LogP contribution is 2.42. The lowest BCUT2D eigenvalue weighted by molar-refractivity contribution is 0.409. The Hall–Kier alpha value is -3.30. The standard InChI is InChI=1S/C28H21BrO2/c1-31-28-24-21-13-8-14-23(29)20(17-21)15-16-22(24)27(30)25(18-9-4-2-5-10-18)26(28)19-11-6-3-7-12-19/h2-16,30H,17H2,1H3. The van der Waals surface area contributed by atoms with E-state index in [1.165, 1.54) is 5.57 Å². The average molecular weight is 469 g/mol. The molecule has 31 heavy (non-hydrogen) atoms. The number of benzene rings is 3. The monoisotopic (exact) mass is 468 g/mol. The van der Waals surface area contributed by atoms with E-state index in [4.69, 9.17) is 4.74 Å². The van der Waals surface area contributed by atoms with Crippen LogP contribution in [0.1, 0.15) is 6.42 Å². The van der Waals surface area contributed by atoms with Gasteiger partial charge in [-0.3, -0.25) is 0 Å². The Bertz CT molecular complexity index is 1380. The molecule has 0 atom stereocenters. The maximum Gasteiger partial charge on any atom is 0.135 e. The van der Waals surface area contributed by atoms with Crippen molar-refractivity contribution in [3.8, 4) is 33.8 Å². The van der Waals surface area contributed by atoms with Gasteiger partial charge in [-0.2, -0.15) is 0 Å². The number of hydrogen-bond donors (Lipinski definition) is 1. The molecule has 3 heteroatoms.